The second kappa shape index (κ2) is 5.70. The van der Waals surface area contributed by atoms with Gasteiger partial charge in [0.15, 0.2) is 0 Å². The van der Waals surface area contributed by atoms with Crippen LogP contribution in [-0.2, 0) is 0 Å². The van der Waals surface area contributed by atoms with Gasteiger partial charge in [-0.15, -0.1) is 11.6 Å². The van der Waals surface area contributed by atoms with Crippen molar-refractivity contribution in [2.45, 2.75) is 11.9 Å². The summed E-state index contributed by atoms with van der Waals surface area (Å²) in [5, 5.41) is 2.00. The number of para-hydroxylation sites is 1. The maximum absolute atomic E-state index is 6.31. The predicted molar refractivity (Wildman–Crippen MR) is 85.8 cm³/mol. The predicted octanol–water partition coefficient (Wildman–Crippen LogP) is 4.03. The number of nitrogens with zero attached hydrogens (tertiary/aromatic N) is 1. The molecule has 1 atom stereocenters. The van der Waals surface area contributed by atoms with Crippen LogP contribution < -0.4 is 10.4 Å². The first kappa shape index (κ1) is 13.2. The molecule has 3 rings (SSSR count). The molecule has 2 nitrogen and oxygen atoms in total. The quantitative estimate of drug-likeness (QED) is 0.628. The fourth-order valence-corrected chi connectivity index (χ4v) is 2.78. The normalized spacial score (nSPS) is 21.4. The SMILES string of the molecule is CN1NC(Cl)C/C=C(/c2ccccc2)c2ccccc21. The summed E-state index contributed by atoms with van der Waals surface area (Å²) in [6.45, 7) is 0. The Balaban J connectivity index is 2.16. The lowest BCUT2D eigenvalue weighted by atomic mass is 9.95. The smallest absolute Gasteiger partial charge is 0.103 e. The summed E-state index contributed by atoms with van der Waals surface area (Å²) in [6, 6.07) is 18.8. The van der Waals surface area contributed by atoms with Gasteiger partial charge in [-0.3, -0.25) is 0 Å². The van der Waals surface area contributed by atoms with Crippen molar-refractivity contribution in [2.24, 2.45) is 0 Å². The molecule has 0 saturated carbocycles. The van der Waals surface area contributed by atoms with Crippen molar-refractivity contribution in [3.05, 3.63) is 71.8 Å². The van der Waals surface area contributed by atoms with Crippen molar-refractivity contribution in [3.8, 4) is 0 Å². The van der Waals surface area contributed by atoms with Crippen molar-refractivity contribution in [3.63, 3.8) is 0 Å². The highest BCUT2D eigenvalue weighted by molar-refractivity contribution is 6.20. The Morgan fingerprint density at radius 2 is 1.75 bits per heavy atom. The minimum absolute atomic E-state index is 0.105. The van der Waals surface area contributed by atoms with E-state index in [0.29, 0.717) is 0 Å². The second-order valence-corrected chi connectivity index (χ2v) is 5.42. The first-order chi connectivity index (χ1) is 9.75. The van der Waals surface area contributed by atoms with E-state index in [1.807, 2.05) is 24.2 Å². The molecule has 0 saturated heterocycles. The summed E-state index contributed by atoms with van der Waals surface area (Å²) >= 11 is 6.31. The highest BCUT2D eigenvalue weighted by atomic mass is 35.5. The van der Waals surface area contributed by atoms with Gasteiger partial charge >= 0.3 is 0 Å². The van der Waals surface area contributed by atoms with Crippen LogP contribution in [0.1, 0.15) is 17.5 Å². The highest BCUT2D eigenvalue weighted by Gasteiger charge is 2.17. The van der Waals surface area contributed by atoms with Crippen LogP contribution in [-0.4, -0.2) is 12.5 Å². The van der Waals surface area contributed by atoms with Crippen molar-refractivity contribution >= 4 is 22.9 Å². The molecule has 2 aromatic rings. The number of anilines is 1. The van der Waals surface area contributed by atoms with Crippen molar-refractivity contribution in [2.75, 3.05) is 12.1 Å². The van der Waals surface area contributed by atoms with E-state index in [4.69, 9.17) is 11.6 Å². The highest BCUT2D eigenvalue weighted by Crippen LogP contribution is 2.33. The fraction of sp³-hybridized carbons (Fsp3) is 0.176. The number of alkyl halides is 1. The van der Waals surface area contributed by atoms with Crippen LogP contribution in [0.3, 0.4) is 0 Å². The topological polar surface area (TPSA) is 15.3 Å². The Morgan fingerprint density at radius 3 is 2.55 bits per heavy atom. The molecule has 0 radical (unpaired) electrons. The number of nitrogens with one attached hydrogen (secondary N) is 1. The molecule has 102 valence electrons. The molecule has 0 aliphatic carbocycles. The summed E-state index contributed by atoms with van der Waals surface area (Å²) in [7, 11) is 2.00. The Morgan fingerprint density at radius 1 is 1.05 bits per heavy atom. The zero-order chi connectivity index (χ0) is 13.9. The van der Waals surface area contributed by atoms with Crippen LogP contribution in [0.25, 0.3) is 5.57 Å². The van der Waals surface area contributed by atoms with Gasteiger partial charge in [0.05, 0.1) is 5.69 Å². The number of hydrogen-bond acceptors (Lipinski definition) is 2. The van der Waals surface area contributed by atoms with E-state index in [2.05, 4.69) is 54.0 Å². The molecule has 1 unspecified atom stereocenters. The second-order valence-electron chi connectivity index (χ2n) is 4.89. The molecule has 0 amide bonds. The van der Waals surface area contributed by atoms with Crippen LogP contribution >= 0.6 is 11.6 Å². The van der Waals surface area contributed by atoms with Gasteiger partial charge in [0.1, 0.15) is 5.50 Å². The number of hydrogen-bond donors (Lipinski definition) is 1. The molecule has 0 bridgehead atoms. The van der Waals surface area contributed by atoms with Gasteiger partial charge in [0.2, 0.25) is 0 Å². The van der Waals surface area contributed by atoms with Crippen LogP contribution in [0.5, 0.6) is 0 Å². The molecule has 1 aliphatic heterocycles. The van der Waals surface area contributed by atoms with E-state index in [0.717, 1.165) is 12.1 Å². The summed E-state index contributed by atoms with van der Waals surface area (Å²) in [5.74, 6) is 0. The van der Waals surface area contributed by atoms with Crippen LogP contribution in [0.4, 0.5) is 5.69 Å². The summed E-state index contributed by atoms with van der Waals surface area (Å²) < 4.78 is 0. The average molecular weight is 285 g/mol. The van der Waals surface area contributed by atoms with Crippen LogP contribution in [0, 0.1) is 0 Å². The van der Waals surface area contributed by atoms with Crippen LogP contribution in [0.2, 0.25) is 0 Å². The summed E-state index contributed by atoms with van der Waals surface area (Å²) in [6.07, 6.45) is 3.00. The first-order valence-electron chi connectivity index (χ1n) is 6.74. The Hall–Kier alpha value is -1.77. The maximum atomic E-state index is 6.31. The summed E-state index contributed by atoms with van der Waals surface area (Å²) in [5.41, 5.74) is 7.97. The molecule has 0 aromatic heterocycles. The molecule has 2 aromatic carbocycles. The van der Waals surface area contributed by atoms with Crippen molar-refractivity contribution < 1.29 is 0 Å². The van der Waals surface area contributed by atoms with E-state index in [-0.39, 0.29) is 5.50 Å². The van der Waals surface area contributed by atoms with E-state index in [1.165, 1.54) is 16.7 Å². The standard InChI is InChI=1S/C17H17ClN2/c1-20-16-10-6-5-9-15(16)14(11-12-17(18)19-20)13-7-3-2-4-8-13/h2-11,17,19H,12H2,1H3/b14-11-. The maximum Gasteiger partial charge on any atom is 0.103 e. The lowest BCUT2D eigenvalue weighted by Crippen LogP contribution is -2.40. The molecule has 20 heavy (non-hydrogen) atoms. The minimum atomic E-state index is -0.105. The minimum Gasteiger partial charge on any atom is -0.309 e. The fourth-order valence-electron chi connectivity index (χ4n) is 2.55. The van der Waals surface area contributed by atoms with Gasteiger partial charge < -0.3 is 5.01 Å². The largest absolute Gasteiger partial charge is 0.309 e. The van der Waals surface area contributed by atoms with Gasteiger partial charge in [-0.25, -0.2) is 5.43 Å². The van der Waals surface area contributed by atoms with Gasteiger partial charge in [0, 0.05) is 12.6 Å². The van der Waals surface area contributed by atoms with Gasteiger partial charge in [-0.1, -0.05) is 54.6 Å². The zero-order valence-electron chi connectivity index (χ0n) is 11.4. The van der Waals surface area contributed by atoms with E-state index >= 15 is 0 Å². The number of fused-ring (bicyclic) bond motifs is 1. The molecule has 1 aliphatic rings. The lowest BCUT2D eigenvalue weighted by molar-refractivity contribution is 0.631. The molecule has 1 heterocycles. The molecule has 0 fully saturated rings. The first-order valence-corrected chi connectivity index (χ1v) is 7.18. The number of hydrazine groups is 1. The van der Waals surface area contributed by atoms with Gasteiger partial charge in [-0.2, -0.15) is 0 Å². The Kier molecular flexibility index (Phi) is 3.77. The van der Waals surface area contributed by atoms with Gasteiger partial charge in [-0.05, 0) is 23.6 Å². The molecule has 3 heteroatoms. The number of rotatable bonds is 1. The molecule has 0 spiro atoms. The van der Waals surface area contributed by atoms with Crippen LogP contribution in [0.15, 0.2) is 60.7 Å². The molecular formula is C17H17ClN2. The number of halogens is 1. The third kappa shape index (κ3) is 2.58. The van der Waals surface area contributed by atoms with Crippen molar-refractivity contribution in [1.29, 1.82) is 0 Å². The average Bonchev–Trinajstić information content (AvgIpc) is 2.47. The van der Waals surface area contributed by atoms with E-state index in [9.17, 15) is 0 Å². The number of benzene rings is 2. The Labute approximate surface area is 124 Å². The zero-order valence-corrected chi connectivity index (χ0v) is 12.1. The lowest BCUT2D eigenvalue weighted by Gasteiger charge is -2.29. The molecular weight excluding hydrogens is 268 g/mol. The van der Waals surface area contributed by atoms with Gasteiger partial charge in [0.25, 0.3) is 0 Å². The third-order valence-electron chi connectivity index (χ3n) is 3.50. The molecule has 1 N–H and O–H groups in total. The third-order valence-corrected chi connectivity index (χ3v) is 3.78. The monoisotopic (exact) mass is 284 g/mol. The van der Waals surface area contributed by atoms with E-state index in [1.54, 1.807) is 0 Å². The van der Waals surface area contributed by atoms with E-state index < -0.39 is 0 Å². The Bertz CT molecular complexity index is 622. The van der Waals surface area contributed by atoms with Crippen molar-refractivity contribution in [1.82, 2.24) is 5.43 Å². The summed E-state index contributed by atoms with van der Waals surface area (Å²) in [4.78, 5) is 0.